The van der Waals surface area contributed by atoms with Crippen molar-refractivity contribution < 1.29 is 4.39 Å². The molecule has 0 amide bonds. The Bertz CT molecular complexity index is 627. The first kappa shape index (κ1) is 9.64. The summed E-state index contributed by atoms with van der Waals surface area (Å²) >= 11 is 0. The van der Waals surface area contributed by atoms with Gasteiger partial charge < -0.3 is 0 Å². The van der Waals surface area contributed by atoms with E-state index in [-0.39, 0.29) is 16.3 Å². The molecular weight excluding hydrogens is 199 g/mol. The van der Waals surface area contributed by atoms with Crippen molar-refractivity contribution in [2.24, 2.45) is 0 Å². The molecule has 1 aromatic carbocycles. The zero-order valence-electron chi connectivity index (χ0n) is 8.08. The van der Waals surface area contributed by atoms with Gasteiger partial charge in [0.25, 0.3) is 11.1 Å². The quantitative estimate of drug-likeness (QED) is 0.755. The Morgan fingerprint density at radius 3 is 2.73 bits per heavy atom. The van der Waals surface area contributed by atoms with E-state index < -0.39 is 11.4 Å². The molecule has 2 rings (SSSR count). The van der Waals surface area contributed by atoms with Crippen LogP contribution in [-0.4, -0.2) is 9.78 Å². The van der Waals surface area contributed by atoms with Crippen molar-refractivity contribution in [1.29, 1.82) is 0 Å². The maximum atomic E-state index is 12.9. The van der Waals surface area contributed by atoms with Crippen LogP contribution in [-0.2, 0) is 6.54 Å². The summed E-state index contributed by atoms with van der Waals surface area (Å²) in [5.41, 5.74) is -0.766. The average Bonchev–Trinajstić information content (AvgIpc) is 2.23. The van der Waals surface area contributed by atoms with Crippen molar-refractivity contribution in [3.63, 3.8) is 0 Å². The van der Waals surface area contributed by atoms with Crippen molar-refractivity contribution in [2.75, 3.05) is 0 Å². The third kappa shape index (κ3) is 1.45. The number of H-pyrrole nitrogens is 1. The first-order valence-corrected chi connectivity index (χ1v) is 4.56. The monoisotopic (exact) mass is 208 g/mol. The molecule has 0 bridgehead atoms. The molecule has 0 aliphatic carbocycles. The highest BCUT2D eigenvalue weighted by atomic mass is 19.1. The molecule has 78 valence electrons. The largest absolute Gasteiger partial charge is 0.273 e. The number of aromatic amines is 1. The molecule has 0 atom stereocenters. The van der Waals surface area contributed by atoms with Crippen LogP contribution in [0.2, 0.25) is 0 Å². The van der Waals surface area contributed by atoms with Crippen LogP contribution in [0, 0.1) is 5.82 Å². The van der Waals surface area contributed by atoms with Gasteiger partial charge in [0.2, 0.25) is 0 Å². The lowest BCUT2D eigenvalue weighted by molar-refractivity contribution is 0.610. The van der Waals surface area contributed by atoms with E-state index in [1.165, 1.54) is 16.8 Å². The van der Waals surface area contributed by atoms with Crippen LogP contribution in [0.4, 0.5) is 4.39 Å². The number of hydrogen-bond donors (Lipinski definition) is 1. The second-order valence-electron chi connectivity index (χ2n) is 3.18. The summed E-state index contributed by atoms with van der Waals surface area (Å²) in [5.74, 6) is -0.526. The van der Waals surface area contributed by atoms with Gasteiger partial charge in [0.1, 0.15) is 5.82 Å². The van der Waals surface area contributed by atoms with Crippen molar-refractivity contribution in [2.45, 2.75) is 13.5 Å². The average molecular weight is 208 g/mol. The van der Waals surface area contributed by atoms with Crippen LogP contribution in [0.15, 0.2) is 27.8 Å². The Kier molecular flexibility index (Phi) is 2.15. The number of halogens is 1. The molecule has 4 nitrogen and oxygen atoms in total. The topological polar surface area (TPSA) is 54.9 Å². The smallest absolute Gasteiger partial charge is 0.267 e. The fraction of sp³-hybridized carbons (Fsp3) is 0.200. The highest BCUT2D eigenvalue weighted by Gasteiger charge is 2.06. The molecule has 0 spiro atoms. The van der Waals surface area contributed by atoms with E-state index in [9.17, 15) is 14.0 Å². The van der Waals surface area contributed by atoms with Gasteiger partial charge in [-0.2, -0.15) is 0 Å². The van der Waals surface area contributed by atoms with Gasteiger partial charge in [-0.25, -0.2) is 9.07 Å². The van der Waals surface area contributed by atoms with Gasteiger partial charge in [-0.3, -0.25) is 14.7 Å². The Morgan fingerprint density at radius 1 is 1.33 bits per heavy atom. The van der Waals surface area contributed by atoms with Crippen LogP contribution >= 0.6 is 0 Å². The van der Waals surface area contributed by atoms with Crippen LogP contribution in [0.1, 0.15) is 6.92 Å². The summed E-state index contributed by atoms with van der Waals surface area (Å²) < 4.78 is 14.1. The van der Waals surface area contributed by atoms with Crippen LogP contribution in [0.3, 0.4) is 0 Å². The van der Waals surface area contributed by atoms with E-state index in [1.807, 2.05) is 0 Å². The molecule has 1 heterocycles. The molecule has 2 aromatic rings. The fourth-order valence-corrected chi connectivity index (χ4v) is 1.49. The number of nitrogens with one attached hydrogen (secondary N) is 1. The van der Waals surface area contributed by atoms with Gasteiger partial charge in [0, 0.05) is 6.54 Å². The first-order valence-electron chi connectivity index (χ1n) is 4.56. The highest BCUT2D eigenvalue weighted by molar-refractivity contribution is 5.80. The SMILES string of the molecule is CCn1[nH]c(=O)c2cc(F)ccc2c1=O. The third-order valence-corrected chi connectivity index (χ3v) is 2.25. The van der Waals surface area contributed by atoms with E-state index >= 15 is 0 Å². The lowest BCUT2D eigenvalue weighted by Crippen LogP contribution is -2.29. The van der Waals surface area contributed by atoms with Crippen molar-refractivity contribution in [1.82, 2.24) is 9.78 Å². The van der Waals surface area contributed by atoms with E-state index in [1.54, 1.807) is 6.92 Å². The number of fused-ring (bicyclic) bond motifs is 1. The molecule has 0 fully saturated rings. The molecule has 0 unspecified atom stereocenters. The minimum atomic E-state index is -0.526. The Morgan fingerprint density at radius 2 is 2.07 bits per heavy atom. The van der Waals surface area contributed by atoms with E-state index in [4.69, 9.17) is 0 Å². The Labute approximate surface area is 83.9 Å². The maximum absolute atomic E-state index is 12.9. The first-order chi connectivity index (χ1) is 7.13. The number of nitrogens with zero attached hydrogens (tertiary/aromatic N) is 1. The molecule has 0 saturated heterocycles. The predicted molar refractivity (Wildman–Crippen MR) is 54.5 cm³/mol. The molecule has 0 aliphatic rings. The van der Waals surface area contributed by atoms with Gasteiger partial charge >= 0.3 is 0 Å². The fourth-order valence-electron chi connectivity index (χ4n) is 1.49. The molecule has 15 heavy (non-hydrogen) atoms. The van der Waals surface area contributed by atoms with Crippen LogP contribution in [0.25, 0.3) is 10.8 Å². The van der Waals surface area contributed by atoms with Gasteiger partial charge in [-0.05, 0) is 25.1 Å². The van der Waals surface area contributed by atoms with Gasteiger partial charge in [0.05, 0.1) is 10.8 Å². The Balaban J connectivity index is 3.00. The summed E-state index contributed by atoms with van der Waals surface area (Å²) in [6, 6.07) is 3.56. The molecule has 0 radical (unpaired) electrons. The summed E-state index contributed by atoms with van der Waals surface area (Å²) in [6.07, 6.45) is 0. The third-order valence-electron chi connectivity index (χ3n) is 2.25. The van der Waals surface area contributed by atoms with Crippen LogP contribution in [0.5, 0.6) is 0 Å². The number of rotatable bonds is 1. The van der Waals surface area contributed by atoms with Crippen LogP contribution < -0.4 is 11.1 Å². The normalized spacial score (nSPS) is 10.8. The molecule has 1 N–H and O–H groups in total. The van der Waals surface area contributed by atoms with Gasteiger partial charge in [-0.1, -0.05) is 0 Å². The van der Waals surface area contributed by atoms with Crippen molar-refractivity contribution >= 4 is 10.8 Å². The molecule has 0 aliphatic heterocycles. The summed E-state index contributed by atoms with van der Waals surface area (Å²) in [7, 11) is 0. The lowest BCUT2D eigenvalue weighted by atomic mass is 10.2. The molecule has 1 aromatic heterocycles. The number of benzene rings is 1. The van der Waals surface area contributed by atoms with Gasteiger partial charge in [0.15, 0.2) is 0 Å². The zero-order valence-corrected chi connectivity index (χ0v) is 8.08. The minimum absolute atomic E-state index is 0.0877. The Hall–Kier alpha value is -1.91. The van der Waals surface area contributed by atoms with E-state index in [0.29, 0.717) is 6.54 Å². The molecular formula is C10H9FN2O2. The predicted octanol–water partition coefficient (Wildman–Crippen LogP) is 0.849. The minimum Gasteiger partial charge on any atom is -0.267 e. The second kappa shape index (κ2) is 3.34. The molecule has 5 heteroatoms. The number of hydrogen-bond acceptors (Lipinski definition) is 2. The number of aromatic nitrogens is 2. The highest BCUT2D eigenvalue weighted by Crippen LogP contribution is 2.06. The van der Waals surface area contributed by atoms with E-state index in [2.05, 4.69) is 5.10 Å². The van der Waals surface area contributed by atoms with Crippen molar-refractivity contribution in [3.05, 3.63) is 44.7 Å². The summed E-state index contributed by atoms with van der Waals surface area (Å²) in [4.78, 5) is 23.2. The zero-order chi connectivity index (χ0) is 11.0. The standard InChI is InChI=1S/C10H9FN2O2/c1-2-13-10(15)7-4-3-6(11)5-8(7)9(14)12-13/h3-5H,2H2,1H3,(H,12,14). The van der Waals surface area contributed by atoms with E-state index in [0.717, 1.165) is 6.07 Å². The molecule has 0 saturated carbocycles. The number of aryl methyl sites for hydroxylation is 1. The van der Waals surface area contributed by atoms with Gasteiger partial charge in [-0.15, -0.1) is 0 Å². The van der Waals surface area contributed by atoms with Crippen molar-refractivity contribution in [3.8, 4) is 0 Å². The lowest BCUT2D eigenvalue weighted by Gasteiger charge is -2.03. The summed E-state index contributed by atoms with van der Waals surface area (Å²) in [5, 5.41) is 2.70. The summed E-state index contributed by atoms with van der Waals surface area (Å²) in [6.45, 7) is 2.12. The maximum Gasteiger partial charge on any atom is 0.273 e. The second-order valence-corrected chi connectivity index (χ2v) is 3.18.